The zero-order valence-corrected chi connectivity index (χ0v) is 21.2. The van der Waals surface area contributed by atoms with Crippen LogP contribution in [0.4, 0.5) is 5.69 Å². The molecule has 0 N–H and O–H groups in total. The summed E-state index contributed by atoms with van der Waals surface area (Å²) in [6.07, 6.45) is 2.24. The van der Waals surface area contributed by atoms with Gasteiger partial charge in [-0.05, 0) is 59.7 Å². The van der Waals surface area contributed by atoms with Crippen molar-refractivity contribution in [2.45, 2.75) is 31.5 Å². The fourth-order valence-electron chi connectivity index (χ4n) is 5.09. The molecule has 3 heterocycles. The second-order valence-corrected chi connectivity index (χ2v) is 9.09. The van der Waals surface area contributed by atoms with E-state index in [1.807, 2.05) is 28.9 Å². The third-order valence-electron chi connectivity index (χ3n) is 7.06. The molecule has 0 amide bonds. The van der Waals surface area contributed by atoms with Crippen molar-refractivity contribution < 1.29 is 18.9 Å². The number of anilines is 1. The molecule has 5 rings (SSSR count). The standard InChI is InChI=1S/C26H34N6O4/c1-33-20-8-6-19(7-9-20)30-12-14-31(15-13-30)25(23-11-10-21(34-2)17-24(23)35-3)26-27-28-29-32(26)18-22-5-4-16-36-22/h6-11,17,22,25H,4-5,12-16,18H2,1-3H3. The first kappa shape index (κ1) is 24.3. The Bertz CT molecular complexity index is 1120. The molecule has 1 aromatic heterocycles. The molecule has 2 fully saturated rings. The normalized spacial score (nSPS) is 19.3. The minimum Gasteiger partial charge on any atom is -0.497 e. The SMILES string of the molecule is COc1ccc(N2CCN(C(c3ccc(OC)cc3OC)c3nnnn3CC3CCCO3)CC2)cc1. The van der Waals surface area contributed by atoms with E-state index in [4.69, 9.17) is 18.9 Å². The van der Waals surface area contributed by atoms with E-state index in [1.165, 1.54) is 5.69 Å². The molecule has 36 heavy (non-hydrogen) atoms. The Labute approximate surface area is 211 Å². The average Bonchev–Trinajstić information content (AvgIpc) is 3.62. The van der Waals surface area contributed by atoms with E-state index in [-0.39, 0.29) is 12.1 Å². The molecular formula is C26H34N6O4. The first-order valence-corrected chi connectivity index (χ1v) is 12.4. The summed E-state index contributed by atoms with van der Waals surface area (Å²) in [5.74, 6) is 3.16. The lowest BCUT2D eigenvalue weighted by molar-refractivity contribution is 0.0906. The Morgan fingerprint density at radius 2 is 1.69 bits per heavy atom. The minimum atomic E-state index is -0.166. The monoisotopic (exact) mass is 494 g/mol. The number of piperazine rings is 1. The molecule has 2 aromatic carbocycles. The van der Waals surface area contributed by atoms with Gasteiger partial charge in [-0.2, -0.15) is 0 Å². The Morgan fingerprint density at radius 3 is 2.36 bits per heavy atom. The molecule has 2 aliphatic rings. The van der Waals surface area contributed by atoms with E-state index >= 15 is 0 Å². The van der Waals surface area contributed by atoms with Gasteiger partial charge in [-0.15, -0.1) is 5.10 Å². The minimum absolute atomic E-state index is 0.137. The van der Waals surface area contributed by atoms with E-state index < -0.39 is 0 Å². The summed E-state index contributed by atoms with van der Waals surface area (Å²) < 4.78 is 24.4. The molecule has 0 aliphatic carbocycles. The second-order valence-electron chi connectivity index (χ2n) is 9.09. The van der Waals surface area contributed by atoms with Crippen molar-refractivity contribution in [3.8, 4) is 17.2 Å². The van der Waals surface area contributed by atoms with Crippen molar-refractivity contribution in [2.24, 2.45) is 0 Å². The molecule has 0 saturated carbocycles. The number of ether oxygens (including phenoxy) is 4. The predicted molar refractivity (Wildman–Crippen MR) is 135 cm³/mol. The van der Waals surface area contributed by atoms with Gasteiger partial charge in [-0.3, -0.25) is 4.90 Å². The Hall–Kier alpha value is -3.37. The van der Waals surface area contributed by atoms with Gasteiger partial charge in [-0.1, -0.05) is 0 Å². The topological polar surface area (TPSA) is 87.0 Å². The van der Waals surface area contributed by atoms with Crippen LogP contribution in [0, 0.1) is 0 Å². The van der Waals surface area contributed by atoms with Gasteiger partial charge >= 0.3 is 0 Å². The lowest BCUT2D eigenvalue weighted by Crippen LogP contribution is -2.48. The fraction of sp³-hybridized carbons (Fsp3) is 0.500. The summed E-state index contributed by atoms with van der Waals surface area (Å²) in [5, 5.41) is 12.9. The first-order chi connectivity index (χ1) is 17.7. The van der Waals surface area contributed by atoms with Crippen molar-refractivity contribution in [1.29, 1.82) is 0 Å². The first-order valence-electron chi connectivity index (χ1n) is 12.4. The van der Waals surface area contributed by atoms with Crippen LogP contribution in [0.3, 0.4) is 0 Å². The lowest BCUT2D eigenvalue weighted by Gasteiger charge is -2.40. The summed E-state index contributed by atoms with van der Waals surface area (Å²) in [6.45, 7) is 4.90. The summed E-state index contributed by atoms with van der Waals surface area (Å²) in [7, 11) is 5.03. The number of benzene rings is 2. The molecule has 10 nitrogen and oxygen atoms in total. The summed E-state index contributed by atoms with van der Waals surface area (Å²) in [6, 6.07) is 14.0. The van der Waals surface area contributed by atoms with E-state index in [2.05, 4.69) is 43.5 Å². The van der Waals surface area contributed by atoms with E-state index in [1.54, 1.807) is 21.3 Å². The number of aromatic nitrogens is 4. The van der Waals surface area contributed by atoms with Gasteiger partial charge in [0.05, 0.1) is 34.0 Å². The zero-order chi connectivity index (χ0) is 24.9. The third kappa shape index (κ3) is 5.10. The van der Waals surface area contributed by atoms with Crippen LogP contribution < -0.4 is 19.1 Å². The maximum absolute atomic E-state index is 5.88. The molecule has 0 spiro atoms. The highest BCUT2D eigenvalue weighted by atomic mass is 16.5. The van der Waals surface area contributed by atoms with E-state index in [0.717, 1.165) is 74.3 Å². The number of tetrazole rings is 1. The van der Waals surface area contributed by atoms with E-state index in [0.29, 0.717) is 6.54 Å². The molecule has 2 aliphatic heterocycles. The number of methoxy groups -OCH3 is 3. The van der Waals surface area contributed by atoms with Crippen LogP contribution in [-0.4, -0.2) is 85.3 Å². The third-order valence-corrected chi connectivity index (χ3v) is 7.06. The Balaban J connectivity index is 1.43. The van der Waals surface area contributed by atoms with Crippen LogP contribution in [-0.2, 0) is 11.3 Å². The van der Waals surface area contributed by atoms with Crippen molar-refractivity contribution in [3.05, 3.63) is 53.9 Å². The van der Waals surface area contributed by atoms with Crippen molar-refractivity contribution in [3.63, 3.8) is 0 Å². The van der Waals surface area contributed by atoms with Gasteiger partial charge in [0.15, 0.2) is 5.82 Å². The van der Waals surface area contributed by atoms with Gasteiger partial charge in [0.1, 0.15) is 23.3 Å². The Kier molecular flexibility index (Phi) is 7.52. The quantitative estimate of drug-likeness (QED) is 0.446. The van der Waals surface area contributed by atoms with Gasteiger partial charge in [0.25, 0.3) is 0 Å². The van der Waals surface area contributed by atoms with Crippen molar-refractivity contribution >= 4 is 5.69 Å². The van der Waals surface area contributed by atoms with Crippen LogP contribution >= 0.6 is 0 Å². The number of nitrogens with zero attached hydrogens (tertiary/aromatic N) is 6. The smallest absolute Gasteiger partial charge is 0.173 e. The number of hydrogen-bond acceptors (Lipinski definition) is 9. The maximum Gasteiger partial charge on any atom is 0.173 e. The van der Waals surface area contributed by atoms with E-state index in [9.17, 15) is 0 Å². The van der Waals surface area contributed by atoms with Crippen LogP contribution in [0.15, 0.2) is 42.5 Å². The molecular weight excluding hydrogens is 460 g/mol. The van der Waals surface area contributed by atoms with Crippen LogP contribution in [0.2, 0.25) is 0 Å². The fourth-order valence-corrected chi connectivity index (χ4v) is 5.09. The lowest BCUT2D eigenvalue weighted by atomic mass is 10.0. The molecule has 2 atom stereocenters. The summed E-state index contributed by atoms with van der Waals surface area (Å²) in [4.78, 5) is 4.83. The molecule has 2 saturated heterocycles. The van der Waals surface area contributed by atoms with Crippen LogP contribution in [0.1, 0.15) is 30.3 Å². The maximum atomic E-state index is 5.88. The summed E-state index contributed by atoms with van der Waals surface area (Å²) >= 11 is 0. The van der Waals surface area contributed by atoms with Crippen LogP contribution in [0.5, 0.6) is 17.2 Å². The predicted octanol–water partition coefficient (Wildman–Crippen LogP) is 2.79. The van der Waals surface area contributed by atoms with Crippen LogP contribution in [0.25, 0.3) is 0 Å². The zero-order valence-electron chi connectivity index (χ0n) is 21.2. The van der Waals surface area contributed by atoms with Crippen molar-refractivity contribution in [2.75, 3.05) is 59.0 Å². The molecule has 0 radical (unpaired) electrons. The van der Waals surface area contributed by atoms with Crippen molar-refractivity contribution in [1.82, 2.24) is 25.1 Å². The van der Waals surface area contributed by atoms with Gasteiger partial charge < -0.3 is 23.8 Å². The number of hydrogen-bond donors (Lipinski definition) is 0. The highest BCUT2D eigenvalue weighted by Crippen LogP contribution is 2.37. The number of rotatable bonds is 9. The highest BCUT2D eigenvalue weighted by Gasteiger charge is 2.33. The highest BCUT2D eigenvalue weighted by molar-refractivity contribution is 5.50. The largest absolute Gasteiger partial charge is 0.497 e. The Morgan fingerprint density at radius 1 is 0.944 bits per heavy atom. The molecule has 2 unspecified atom stereocenters. The molecule has 10 heteroatoms. The summed E-state index contributed by atoms with van der Waals surface area (Å²) in [5.41, 5.74) is 2.21. The second kappa shape index (κ2) is 11.1. The molecule has 0 bridgehead atoms. The van der Waals surface area contributed by atoms with Gasteiger partial charge in [0, 0.05) is 50.1 Å². The molecule has 3 aromatic rings. The average molecular weight is 495 g/mol. The molecule has 192 valence electrons. The van der Waals surface area contributed by atoms with Gasteiger partial charge in [0.2, 0.25) is 0 Å². The van der Waals surface area contributed by atoms with Gasteiger partial charge in [-0.25, -0.2) is 4.68 Å².